The van der Waals surface area contributed by atoms with E-state index in [1.807, 2.05) is 43.0 Å². The van der Waals surface area contributed by atoms with Gasteiger partial charge in [0.2, 0.25) is 5.91 Å². The maximum Gasteiger partial charge on any atom is 0.232 e. The molecule has 106 valence electrons. The van der Waals surface area contributed by atoms with Gasteiger partial charge in [-0.1, -0.05) is 28.1 Å². The van der Waals surface area contributed by atoms with Gasteiger partial charge in [-0.3, -0.25) is 4.79 Å². The minimum absolute atomic E-state index is 0. The van der Waals surface area contributed by atoms with Crippen molar-refractivity contribution >= 4 is 34.2 Å². The number of hydrogen-bond acceptors (Lipinski definition) is 2. The summed E-state index contributed by atoms with van der Waals surface area (Å²) >= 11 is 3.45. The Hall–Kier alpha value is -0.580. The van der Waals surface area contributed by atoms with Crippen molar-refractivity contribution in [2.45, 2.75) is 31.7 Å². The molecule has 3 nitrogen and oxygen atoms in total. The molecule has 2 rings (SSSR count). The summed E-state index contributed by atoms with van der Waals surface area (Å²) in [7, 11) is 0. The van der Waals surface area contributed by atoms with Gasteiger partial charge in [0.05, 0.1) is 5.41 Å². The number of halogens is 2. The molecule has 0 bridgehead atoms. The third-order valence-electron chi connectivity index (χ3n) is 3.59. The van der Waals surface area contributed by atoms with Crippen LogP contribution in [-0.2, 0) is 10.2 Å². The molecule has 19 heavy (non-hydrogen) atoms. The van der Waals surface area contributed by atoms with Gasteiger partial charge in [0.1, 0.15) is 0 Å². The molecule has 1 aromatic carbocycles. The van der Waals surface area contributed by atoms with Crippen LogP contribution >= 0.6 is 28.3 Å². The van der Waals surface area contributed by atoms with Crippen LogP contribution in [0.1, 0.15) is 25.8 Å². The Morgan fingerprint density at radius 3 is 2.68 bits per heavy atom. The fraction of sp³-hybridized carbons (Fsp3) is 0.500. The molecule has 1 aliphatic rings. The molecular formula is C14H20BrClN2O. The van der Waals surface area contributed by atoms with Gasteiger partial charge in [0.15, 0.2) is 0 Å². The van der Waals surface area contributed by atoms with Crippen LogP contribution in [0.5, 0.6) is 0 Å². The number of rotatable bonds is 2. The van der Waals surface area contributed by atoms with E-state index < -0.39 is 5.41 Å². The van der Waals surface area contributed by atoms with Crippen molar-refractivity contribution in [2.24, 2.45) is 5.73 Å². The highest BCUT2D eigenvalue weighted by molar-refractivity contribution is 9.10. The first-order chi connectivity index (χ1) is 8.41. The van der Waals surface area contributed by atoms with Gasteiger partial charge in [-0.25, -0.2) is 0 Å². The largest absolute Gasteiger partial charge is 0.340 e. The number of amides is 1. The molecule has 0 unspecified atom stereocenters. The van der Waals surface area contributed by atoms with Crippen molar-refractivity contribution in [3.8, 4) is 0 Å². The van der Waals surface area contributed by atoms with Crippen LogP contribution in [0, 0.1) is 0 Å². The van der Waals surface area contributed by atoms with Crippen LogP contribution in [0.3, 0.4) is 0 Å². The predicted molar refractivity (Wildman–Crippen MR) is 83.6 cm³/mol. The van der Waals surface area contributed by atoms with Gasteiger partial charge in [0.25, 0.3) is 0 Å². The van der Waals surface area contributed by atoms with E-state index in [1.165, 1.54) is 0 Å². The molecule has 1 saturated heterocycles. The lowest BCUT2D eigenvalue weighted by Crippen LogP contribution is -2.43. The smallest absolute Gasteiger partial charge is 0.232 e. The van der Waals surface area contributed by atoms with Crippen LogP contribution < -0.4 is 5.73 Å². The summed E-state index contributed by atoms with van der Waals surface area (Å²) in [4.78, 5) is 14.5. The SMILES string of the molecule is CC(C)(C(=O)N1CC[C@@H](N)C1)c1cccc(Br)c1.Cl. The van der Waals surface area contributed by atoms with E-state index >= 15 is 0 Å². The van der Waals surface area contributed by atoms with E-state index in [-0.39, 0.29) is 24.4 Å². The van der Waals surface area contributed by atoms with E-state index in [1.54, 1.807) is 0 Å². The summed E-state index contributed by atoms with van der Waals surface area (Å²) in [6.07, 6.45) is 0.903. The fourth-order valence-corrected chi connectivity index (χ4v) is 2.77. The second-order valence-corrected chi connectivity index (χ2v) is 6.35. The van der Waals surface area contributed by atoms with Crippen LogP contribution in [0.2, 0.25) is 0 Å². The van der Waals surface area contributed by atoms with E-state index in [9.17, 15) is 4.79 Å². The van der Waals surface area contributed by atoms with Crippen molar-refractivity contribution < 1.29 is 4.79 Å². The summed E-state index contributed by atoms with van der Waals surface area (Å²) in [5.41, 5.74) is 6.39. The molecule has 1 heterocycles. The average molecular weight is 348 g/mol. The molecular weight excluding hydrogens is 328 g/mol. The average Bonchev–Trinajstić information content (AvgIpc) is 2.74. The second kappa shape index (κ2) is 6.25. The highest BCUT2D eigenvalue weighted by Gasteiger charge is 2.36. The molecule has 0 saturated carbocycles. The summed E-state index contributed by atoms with van der Waals surface area (Å²) in [6, 6.07) is 8.07. The fourth-order valence-electron chi connectivity index (χ4n) is 2.37. The highest BCUT2D eigenvalue weighted by Crippen LogP contribution is 2.29. The first-order valence-electron chi connectivity index (χ1n) is 6.22. The highest BCUT2D eigenvalue weighted by atomic mass is 79.9. The molecule has 0 spiro atoms. The van der Waals surface area contributed by atoms with Crippen LogP contribution in [-0.4, -0.2) is 29.9 Å². The Morgan fingerprint density at radius 1 is 1.47 bits per heavy atom. The molecule has 0 aromatic heterocycles. The molecule has 5 heteroatoms. The van der Waals surface area contributed by atoms with Gasteiger partial charge in [-0.2, -0.15) is 0 Å². The topological polar surface area (TPSA) is 46.3 Å². The van der Waals surface area contributed by atoms with E-state index in [0.717, 1.165) is 23.0 Å². The lowest BCUT2D eigenvalue weighted by atomic mass is 9.83. The van der Waals surface area contributed by atoms with Gasteiger partial charge in [0, 0.05) is 23.6 Å². The third-order valence-corrected chi connectivity index (χ3v) is 4.09. The van der Waals surface area contributed by atoms with Crippen LogP contribution in [0.4, 0.5) is 0 Å². The number of nitrogens with two attached hydrogens (primary N) is 1. The first-order valence-corrected chi connectivity index (χ1v) is 7.01. The summed E-state index contributed by atoms with van der Waals surface area (Å²) in [5, 5.41) is 0. The Kier molecular flexibility index (Phi) is 5.42. The first kappa shape index (κ1) is 16.5. The Labute approximate surface area is 129 Å². The number of benzene rings is 1. The standard InChI is InChI=1S/C14H19BrN2O.ClH/c1-14(2,10-4-3-5-11(15)8-10)13(18)17-7-6-12(16)9-17;/h3-5,8,12H,6-7,9,16H2,1-2H3;1H/t12-;/m1./s1. The lowest BCUT2D eigenvalue weighted by molar-refractivity contribution is -0.135. The minimum atomic E-state index is -0.506. The van der Waals surface area contributed by atoms with Crippen molar-refractivity contribution in [1.29, 1.82) is 0 Å². The molecule has 1 fully saturated rings. The second-order valence-electron chi connectivity index (χ2n) is 5.44. The Balaban J connectivity index is 0.00000180. The van der Waals surface area contributed by atoms with Crippen LogP contribution in [0.25, 0.3) is 0 Å². The van der Waals surface area contributed by atoms with Gasteiger partial charge in [-0.15, -0.1) is 12.4 Å². The molecule has 2 N–H and O–H groups in total. The monoisotopic (exact) mass is 346 g/mol. The Morgan fingerprint density at radius 2 is 2.16 bits per heavy atom. The van der Waals surface area contributed by atoms with Crippen molar-refractivity contribution in [2.75, 3.05) is 13.1 Å². The van der Waals surface area contributed by atoms with E-state index in [2.05, 4.69) is 15.9 Å². The summed E-state index contributed by atoms with van der Waals surface area (Å²) in [6.45, 7) is 5.40. The number of likely N-dealkylation sites (tertiary alicyclic amines) is 1. The van der Waals surface area contributed by atoms with Crippen molar-refractivity contribution in [3.05, 3.63) is 34.3 Å². The van der Waals surface area contributed by atoms with Gasteiger partial charge >= 0.3 is 0 Å². The number of carbonyl (C=O) groups excluding carboxylic acids is 1. The van der Waals surface area contributed by atoms with Crippen molar-refractivity contribution in [3.63, 3.8) is 0 Å². The Bertz CT molecular complexity index is 465. The van der Waals surface area contributed by atoms with Gasteiger partial charge < -0.3 is 10.6 Å². The molecule has 0 aliphatic carbocycles. The maximum absolute atomic E-state index is 12.6. The minimum Gasteiger partial charge on any atom is -0.340 e. The normalized spacial score (nSPS) is 19.2. The zero-order valence-corrected chi connectivity index (χ0v) is 13.6. The zero-order chi connectivity index (χ0) is 13.3. The lowest BCUT2D eigenvalue weighted by Gasteiger charge is -2.29. The molecule has 1 amide bonds. The molecule has 1 atom stereocenters. The molecule has 1 aromatic rings. The van der Waals surface area contributed by atoms with E-state index in [4.69, 9.17) is 5.73 Å². The molecule has 0 radical (unpaired) electrons. The predicted octanol–water partition coefficient (Wildman–Crippen LogP) is 2.71. The number of carbonyl (C=O) groups is 1. The maximum atomic E-state index is 12.6. The van der Waals surface area contributed by atoms with Crippen molar-refractivity contribution in [1.82, 2.24) is 4.90 Å². The summed E-state index contributed by atoms with van der Waals surface area (Å²) < 4.78 is 0.999. The van der Waals surface area contributed by atoms with Gasteiger partial charge in [-0.05, 0) is 38.0 Å². The summed E-state index contributed by atoms with van der Waals surface area (Å²) in [5.74, 6) is 0.161. The third kappa shape index (κ3) is 3.50. The van der Waals surface area contributed by atoms with Crippen LogP contribution in [0.15, 0.2) is 28.7 Å². The quantitative estimate of drug-likeness (QED) is 0.894. The number of hydrogen-bond donors (Lipinski definition) is 1. The number of nitrogens with zero attached hydrogens (tertiary/aromatic N) is 1. The van der Waals surface area contributed by atoms with E-state index in [0.29, 0.717) is 6.54 Å². The zero-order valence-electron chi connectivity index (χ0n) is 11.2. The molecule has 1 aliphatic heterocycles.